The van der Waals surface area contributed by atoms with Gasteiger partial charge in [-0.05, 0) is 49.4 Å². The van der Waals surface area contributed by atoms with Crippen molar-refractivity contribution >= 4 is 23.5 Å². The Morgan fingerprint density at radius 3 is 2.56 bits per heavy atom. The lowest BCUT2D eigenvalue weighted by Gasteiger charge is -2.27. The molecule has 0 fully saturated rings. The van der Waals surface area contributed by atoms with E-state index in [-0.39, 0.29) is 23.3 Å². The molecule has 1 aliphatic rings. The van der Waals surface area contributed by atoms with E-state index >= 15 is 0 Å². The Kier molecular flexibility index (Phi) is 6.21. The SMILES string of the molecule is CC(OC(=O)c1ccc(NC(=O)c2ccco2)cc1)C(=O)NC1CCOc2ccccc21. The summed E-state index contributed by atoms with van der Waals surface area (Å²) in [4.78, 5) is 37.0. The lowest BCUT2D eigenvalue weighted by Crippen LogP contribution is -2.39. The maximum Gasteiger partial charge on any atom is 0.338 e. The number of benzene rings is 2. The summed E-state index contributed by atoms with van der Waals surface area (Å²) in [6, 6.07) is 16.7. The van der Waals surface area contributed by atoms with Crippen LogP contribution in [0.5, 0.6) is 5.75 Å². The highest BCUT2D eigenvalue weighted by molar-refractivity contribution is 6.02. The third-order valence-electron chi connectivity index (χ3n) is 5.05. The van der Waals surface area contributed by atoms with Crippen molar-refractivity contribution in [2.24, 2.45) is 0 Å². The van der Waals surface area contributed by atoms with Crippen molar-refractivity contribution in [2.45, 2.75) is 25.5 Å². The molecule has 0 saturated heterocycles. The van der Waals surface area contributed by atoms with Crippen molar-refractivity contribution < 1.29 is 28.3 Å². The monoisotopic (exact) mass is 434 g/mol. The first-order chi connectivity index (χ1) is 15.5. The first kappa shape index (κ1) is 21.2. The average molecular weight is 434 g/mol. The summed E-state index contributed by atoms with van der Waals surface area (Å²) in [5.41, 5.74) is 1.65. The molecular formula is C24H22N2O6. The molecule has 8 heteroatoms. The largest absolute Gasteiger partial charge is 0.493 e. The van der Waals surface area contributed by atoms with E-state index in [0.717, 1.165) is 11.3 Å². The second-order valence-corrected chi connectivity index (χ2v) is 7.29. The second kappa shape index (κ2) is 9.38. The average Bonchev–Trinajstić information content (AvgIpc) is 3.35. The number of amides is 2. The summed E-state index contributed by atoms with van der Waals surface area (Å²) in [5, 5.41) is 5.59. The minimum Gasteiger partial charge on any atom is -0.493 e. The van der Waals surface area contributed by atoms with Crippen LogP contribution < -0.4 is 15.4 Å². The van der Waals surface area contributed by atoms with Crippen molar-refractivity contribution in [1.29, 1.82) is 0 Å². The number of para-hydroxylation sites is 1. The summed E-state index contributed by atoms with van der Waals surface area (Å²) in [6.07, 6.45) is 1.07. The topological polar surface area (TPSA) is 107 Å². The highest BCUT2D eigenvalue weighted by atomic mass is 16.5. The fraction of sp³-hybridized carbons (Fsp3) is 0.208. The Morgan fingerprint density at radius 1 is 1.03 bits per heavy atom. The normalized spacial score (nSPS) is 15.6. The number of hydrogen-bond donors (Lipinski definition) is 2. The molecule has 0 spiro atoms. The van der Waals surface area contributed by atoms with Crippen LogP contribution in [0.15, 0.2) is 71.3 Å². The standard InChI is InChI=1S/C24H22N2O6/c1-15(22(27)26-19-12-14-31-20-6-3-2-5-18(19)20)32-24(29)16-8-10-17(11-9-16)25-23(28)21-7-4-13-30-21/h2-11,13,15,19H,12,14H2,1H3,(H,25,28)(H,26,27). The van der Waals surface area contributed by atoms with Gasteiger partial charge in [0.15, 0.2) is 11.9 Å². The van der Waals surface area contributed by atoms with Gasteiger partial charge in [-0.2, -0.15) is 0 Å². The molecule has 164 valence electrons. The predicted octanol–water partition coefficient (Wildman–Crippen LogP) is 3.72. The van der Waals surface area contributed by atoms with Gasteiger partial charge in [-0.15, -0.1) is 0 Å². The van der Waals surface area contributed by atoms with Crippen molar-refractivity contribution in [3.63, 3.8) is 0 Å². The lowest BCUT2D eigenvalue weighted by molar-refractivity contribution is -0.130. The molecule has 1 aromatic heterocycles. The molecule has 0 saturated carbocycles. The Morgan fingerprint density at radius 2 is 1.81 bits per heavy atom. The van der Waals surface area contributed by atoms with Gasteiger partial charge in [-0.25, -0.2) is 4.79 Å². The van der Waals surface area contributed by atoms with Gasteiger partial charge in [0.2, 0.25) is 0 Å². The second-order valence-electron chi connectivity index (χ2n) is 7.29. The lowest BCUT2D eigenvalue weighted by atomic mass is 10.0. The third kappa shape index (κ3) is 4.80. The van der Waals surface area contributed by atoms with Crippen molar-refractivity contribution in [3.8, 4) is 5.75 Å². The van der Waals surface area contributed by atoms with Crippen molar-refractivity contribution in [3.05, 3.63) is 83.8 Å². The number of ether oxygens (including phenoxy) is 2. The van der Waals surface area contributed by atoms with Crippen LogP contribution in [0.3, 0.4) is 0 Å². The Hall–Kier alpha value is -4.07. The van der Waals surface area contributed by atoms with Crippen LogP contribution in [0.4, 0.5) is 5.69 Å². The van der Waals surface area contributed by atoms with Crippen LogP contribution in [-0.4, -0.2) is 30.5 Å². The maximum absolute atomic E-state index is 12.6. The Labute approximate surface area is 184 Å². The molecule has 1 aliphatic heterocycles. The summed E-state index contributed by atoms with van der Waals surface area (Å²) < 4.78 is 16.0. The zero-order valence-electron chi connectivity index (χ0n) is 17.4. The van der Waals surface area contributed by atoms with Gasteiger partial charge in [0.1, 0.15) is 5.75 Å². The Bertz CT molecular complexity index is 1110. The number of anilines is 1. The van der Waals surface area contributed by atoms with Gasteiger partial charge in [-0.1, -0.05) is 18.2 Å². The number of furan rings is 1. The molecule has 4 rings (SSSR count). The minimum atomic E-state index is -0.976. The molecule has 0 radical (unpaired) electrons. The van der Waals surface area contributed by atoms with Crippen LogP contribution in [0.2, 0.25) is 0 Å². The van der Waals surface area contributed by atoms with E-state index in [1.807, 2.05) is 24.3 Å². The molecule has 2 N–H and O–H groups in total. The number of hydrogen-bond acceptors (Lipinski definition) is 6. The van der Waals surface area contributed by atoms with Gasteiger partial charge in [-0.3, -0.25) is 9.59 Å². The van der Waals surface area contributed by atoms with Crippen LogP contribution in [0.1, 0.15) is 45.9 Å². The van der Waals surface area contributed by atoms with Crippen LogP contribution in [-0.2, 0) is 9.53 Å². The first-order valence-electron chi connectivity index (χ1n) is 10.2. The number of carbonyl (C=O) groups excluding carboxylic acids is 3. The first-order valence-corrected chi connectivity index (χ1v) is 10.2. The molecule has 2 heterocycles. The van der Waals surface area contributed by atoms with Gasteiger partial charge in [0.05, 0.1) is 24.5 Å². The molecular weight excluding hydrogens is 412 g/mol. The third-order valence-corrected chi connectivity index (χ3v) is 5.05. The van der Waals surface area contributed by atoms with Crippen LogP contribution >= 0.6 is 0 Å². The Balaban J connectivity index is 1.32. The zero-order chi connectivity index (χ0) is 22.5. The smallest absolute Gasteiger partial charge is 0.338 e. The van der Waals surface area contributed by atoms with Gasteiger partial charge in [0, 0.05) is 17.7 Å². The van der Waals surface area contributed by atoms with E-state index < -0.39 is 18.0 Å². The van der Waals surface area contributed by atoms with Crippen LogP contribution in [0.25, 0.3) is 0 Å². The molecule has 8 nitrogen and oxygen atoms in total. The number of nitrogens with one attached hydrogen (secondary N) is 2. The maximum atomic E-state index is 12.6. The molecule has 32 heavy (non-hydrogen) atoms. The van der Waals surface area contributed by atoms with Crippen LogP contribution in [0, 0.1) is 0 Å². The summed E-state index contributed by atoms with van der Waals surface area (Å²) in [6.45, 7) is 2.02. The molecule has 2 amide bonds. The summed E-state index contributed by atoms with van der Waals surface area (Å²) in [5.74, 6) is -0.495. The van der Waals surface area contributed by atoms with E-state index in [0.29, 0.717) is 18.7 Å². The van der Waals surface area contributed by atoms with Crippen molar-refractivity contribution in [1.82, 2.24) is 5.32 Å². The van der Waals surface area contributed by atoms with Gasteiger partial charge >= 0.3 is 5.97 Å². The van der Waals surface area contributed by atoms with E-state index in [9.17, 15) is 14.4 Å². The van der Waals surface area contributed by atoms with Crippen molar-refractivity contribution in [2.75, 3.05) is 11.9 Å². The molecule has 0 bridgehead atoms. The van der Waals surface area contributed by atoms with E-state index in [4.69, 9.17) is 13.9 Å². The summed E-state index contributed by atoms with van der Waals surface area (Å²) >= 11 is 0. The van der Waals surface area contributed by atoms with Gasteiger partial charge < -0.3 is 24.5 Å². The van der Waals surface area contributed by atoms with E-state index in [1.54, 1.807) is 24.3 Å². The number of esters is 1. The zero-order valence-corrected chi connectivity index (χ0v) is 17.4. The fourth-order valence-corrected chi connectivity index (χ4v) is 3.35. The van der Waals surface area contributed by atoms with E-state index in [2.05, 4.69) is 10.6 Å². The number of rotatable bonds is 6. The number of fused-ring (bicyclic) bond motifs is 1. The van der Waals surface area contributed by atoms with E-state index in [1.165, 1.54) is 25.3 Å². The summed E-state index contributed by atoms with van der Waals surface area (Å²) in [7, 11) is 0. The number of carbonyl (C=O) groups is 3. The fourth-order valence-electron chi connectivity index (χ4n) is 3.35. The molecule has 2 atom stereocenters. The molecule has 2 aromatic carbocycles. The highest BCUT2D eigenvalue weighted by Crippen LogP contribution is 2.31. The molecule has 0 aliphatic carbocycles. The predicted molar refractivity (Wildman–Crippen MR) is 115 cm³/mol. The highest BCUT2D eigenvalue weighted by Gasteiger charge is 2.26. The quantitative estimate of drug-likeness (QED) is 0.573. The van der Waals surface area contributed by atoms with Gasteiger partial charge in [0.25, 0.3) is 11.8 Å². The molecule has 3 aromatic rings. The minimum absolute atomic E-state index is 0.181. The molecule has 2 unspecified atom stereocenters.